The Labute approximate surface area is 112 Å². The first-order valence-electron chi connectivity index (χ1n) is 5.31. The predicted molar refractivity (Wildman–Crippen MR) is 65.1 cm³/mol. The van der Waals surface area contributed by atoms with Gasteiger partial charge in [0.05, 0.1) is 18.7 Å². The zero-order chi connectivity index (χ0) is 13.7. The minimum absolute atomic E-state index is 0.00697. The molecule has 0 amide bonds. The third-order valence-electron chi connectivity index (χ3n) is 2.23. The van der Waals surface area contributed by atoms with Crippen LogP contribution >= 0.6 is 15.9 Å². The topological polar surface area (TPSA) is 65.2 Å². The molecule has 0 aliphatic heterocycles. The molecule has 1 rings (SSSR count). The summed E-state index contributed by atoms with van der Waals surface area (Å²) in [7, 11) is 0. The van der Waals surface area contributed by atoms with Gasteiger partial charge in [-0.1, -0.05) is 0 Å². The van der Waals surface area contributed by atoms with Gasteiger partial charge in [0.15, 0.2) is 0 Å². The number of nitrogens with two attached hydrogens (primary N) is 1. The second-order valence-corrected chi connectivity index (χ2v) is 4.21. The molecule has 1 aromatic heterocycles. The van der Waals surface area contributed by atoms with Crippen molar-refractivity contribution in [3.8, 4) is 0 Å². The number of alkyl halides is 2. The van der Waals surface area contributed by atoms with Crippen LogP contribution in [-0.4, -0.2) is 17.6 Å². The number of pyridine rings is 1. The Hall–Kier alpha value is -1.08. The molecular formula is C11H13BrF2N2O2. The molecule has 0 bridgehead atoms. The van der Waals surface area contributed by atoms with Crippen molar-refractivity contribution in [2.24, 2.45) is 5.73 Å². The van der Waals surface area contributed by atoms with Crippen molar-refractivity contribution >= 4 is 21.9 Å². The molecule has 0 spiro atoms. The van der Waals surface area contributed by atoms with Crippen LogP contribution in [0.25, 0.3) is 0 Å². The molecule has 0 saturated carbocycles. The van der Waals surface area contributed by atoms with Gasteiger partial charge in [-0.25, -0.2) is 13.8 Å². The van der Waals surface area contributed by atoms with Gasteiger partial charge in [-0.05, 0) is 34.5 Å². The van der Waals surface area contributed by atoms with Gasteiger partial charge in [-0.3, -0.25) is 4.79 Å². The molecule has 0 aromatic carbocycles. The molecule has 0 unspecified atom stereocenters. The Morgan fingerprint density at radius 2 is 2.28 bits per heavy atom. The van der Waals surface area contributed by atoms with Crippen molar-refractivity contribution in [1.29, 1.82) is 0 Å². The van der Waals surface area contributed by atoms with E-state index in [4.69, 9.17) is 10.5 Å². The second-order valence-electron chi connectivity index (χ2n) is 3.46. The van der Waals surface area contributed by atoms with E-state index in [1.54, 1.807) is 6.92 Å². The molecule has 100 valence electrons. The Morgan fingerprint density at radius 3 is 2.78 bits per heavy atom. The highest BCUT2D eigenvalue weighted by molar-refractivity contribution is 9.10. The molecule has 0 saturated heterocycles. The van der Waals surface area contributed by atoms with Gasteiger partial charge >= 0.3 is 5.97 Å². The molecule has 0 aliphatic carbocycles. The Balaban J connectivity index is 3.09. The number of carbonyl (C=O) groups is 1. The fourth-order valence-corrected chi connectivity index (χ4v) is 1.90. The van der Waals surface area contributed by atoms with Crippen molar-refractivity contribution in [3.05, 3.63) is 27.5 Å². The van der Waals surface area contributed by atoms with Gasteiger partial charge in [0.1, 0.15) is 4.60 Å². The summed E-state index contributed by atoms with van der Waals surface area (Å²) in [6, 6.07) is 1.26. The molecule has 4 nitrogen and oxygen atoms in total. The lowest BCUT2D eigenvalue weighted by Crippen LogP contribution is -2.13. The van der Waals surface area contributed by atoms with Crippen molar-refractivity contribution in [1.82, 2.24) is 4.98 Å². The fraction of sp³-hybridized carbons (Fsp3) is 0.455. The minimum Gasteiger partial charge on any atom is -0.466 e. The monoisotopic (exact) mass is 322 g/mol. The molecule has 0 fully saturated rings. The first kappa shape index (κ1) is 15.0. The number of carbonyl (C=O) groups excluding carboxylic acids is 1. The predicted octanol–water partition coefficient (Wildman–Crippen LogP) is 2.35. The largest absolute Gasteiger partial charge is 0.466 e. The summed E-state index contributed by atoms with van der Waals surface area (Å²) in [4.78, 5) is 15.2. The van der Waals surface area contributed by atoms with Crippen LogP contribution in [0.4, 0.5) is 8.78 Å². The van der Waals surface area contributed by atoms with E-state index in [1.165, 1.54) is 6.07 Å². The quantitative estimate of drug-likeness (QED) is 0.667. The molecule has 1 aromatic rings. The van der Waals surface area contributed by atoms with Gasteiger partial charge < -0.3 is 10.5 Å². The molecular weight excluding hydrogens is 310 g/mol. The molecule has 7 heteroatoms. The number of esters is 1. The smallest absolute Gasteiger partial charge is 0.311 e. The molecule has 0 radical (unpaired) electrons. The average molecular weight is 323 g/mol. The third kappa shape index (κ3) is 3.71. The van der Waals surface area contributed by atoms with E-state index in [-0.39, 0.29) is 30.8 Å². The second kappa shape index (κ2) is 6.75. The van der Waals surface area contributed by atoms with Crippen LogP contribution in [0, 0.1) is 0 Å². The molecule has 0 atom stereocenters. The summed E-state index contributed by atoms with van der Waals surface area (Å²) in [6.45, 7) is 1.94. The number of hydrogen-bond acceptors (Lipinski definition) is 4. The summed E-state index contributed by atoms with van der Waals surface area (Å²) < 4.78 is 30.8. The molecule has 1 heterocycles. The Kier molecular flexibility index (Phi) is 5.61. The minimum atomic E-state index is -2.71. The summed E-state index contributed by atoms with van der Waals surface area (Å²) >= 11 is 3.13. The number of ether oxygens (including phenoxy) is 1. The maximum atomic E-state index is 12.9. The van der Waals surface area contributed by atoms with E-state index in [0.29, 0.717) is 10.2 Å². The first-order valence-corrected chi connectivity index (χ1v) is 6.10. The van der Waals surface area contributed by atoms with Crippen molar-refractivity contribution in [3.63, 3.8) is 0 Å². The van der Waals surface area contributed by atoms with Crippen LogP contribution in [0.3, 0.4) is 0 Å². The average Bonchev–Trinajstić information content (AvgIpc) is 2.29. The summed E-state index contributed by atoms with van der Waals surface area (Å²) in [6.07, 6.45) is -2.99. The number of hydrogen-bond donors (Lipinski definition) is 1. The summed E-state index contributed by atoms with van der Waals surface area (Å²) in [5, 5.41) is 0. The van der Waals surface area contributed by atoms with Crippen molar-refractivity contribution in [2.75, 3.05) is 6.61 Å². The van der Waals surface area contributed by atoms with E-state index < -0.39 is 12.4 Å². The molecule has 0 aliphatic rings. The van der Waals surface area contributed by atoms with E-state index in [9.17, 15) is 13.6 Å². The standard InChI is InChI=1S/C11H13BrF2N2O2/c1-2-18-9(17)4-8-7(11(13)14)3-6(5-15)10(12)16-8/h3,11H,2,4-5,15H2,1H3. The Bertz CT molecular complexity index is 441. The van der Waals surface area contributed by atoms with Crippen molar-refractivity contribution in [2.45, 2.75) is 26.3 Å². The van der Waals surface area contributed by atoms with Gasteiger partial charge in [-0.15, -0.1) is 0 Å². The zero-order valence-corrected chi connectivity index (χ0v) is 11.3. The van der Waals surface area contributed by atoms with Gasteiger partial charge in [0.25, 0.3) is 6.43 Å². The first-order chi connectivity index (χ1) is 8.49. The van der Waals surface area contributed by atoms with Crippen LogP contribution in [0.15, 0.2) is 10.7 Å². The van der Waals surface area contributed by atoms with Gasteiger partial charge in [0, 0.05) is 12.1 Å². The van der Waals surface area contributed by atoms with E-state index in [1.807, 2.05) is 0 Å². The highest BCUT2D eigenvalue weighted by Gasteiger charge is 2.19. The van der Waals surface area contributed by atoms with Crippen LogP contribution in [0.2, 0.25) is 0 Å². The maximum absolute atomic E-state index is 12.9. The van der Waals surface area contributed by atoms with Crippen LogP contribution in [-0.2, 0) is 22.5 Å². The summed E-state index contributed by atoms with van der Waals surface area (Å²) in [5.41, 5.74) is 5.60. The molecule has 2 N–H and O–H groups in total. The van der Waals surface area contributed by atoms with Gasteiger partial charge in [-0.2, -0.15) is 0 Å². The van der Waals surface area contributed by atoms with Crippen LogP contribution < -0.4 is 5.73 Å². The lowest BCUT2D eigenvalue weighted by molar-refractivity contribution is -0.142. The van der Waals surface area contributed by atoms with E-state index in [2.05, 4.69) is 20.9 Å². The lowest BCUT2D eigenvalue weighted by Gasteiger charge is -2.11. The third-order valence-corrected chi connectivity index (χ3v) is 2.92. The number of halogens is 3. The molecule has 18 heavy (non-hydrogen) atoms. The van der Waals surface area contributed by atoms with Crippen molar-refractivity contribution < 1.29 is 18.3 Å². The normalized spacial score (nSPS) is 10.8. The van der Waals surface area contributed by atoms with E-state index >= 15 is 0 Å². The lowest BCUT2D eigenvalue weighted by atomic mass is 10.1. The number of nitrogens with zero attached hydrogens (tertiary/aromatic N) is 1. The zero-order valence-electron chi connectivity index (χ0n) is 9.75. The highest BCUT2D eigenvalue weighted by atomic mass is 79.9. The Morgan fingerprint density at radius 1 is 1.61 bits per heavy atom. The summed E-state index contributed by atoms with van der Waals surface area (Å²) in [5.74, 6) is -0.584. The maximum Gasteiger partial charge on any atom is 0.311 e. The van der Waals surface area contributed by atoms with E-state index in [0.717, 1.165) is 0 Å². The highest BCUT2D eigenvalue weighted by Crippen LogP contribution is 2.26. The number of aromatic nitrogens is 1. The van der Waals surface area contributed by atoms with Crippen LogP contribution in [0.1, 0.15) is 30.2 Å². The van der Waals surface area contributed by atoms with Crippen LogP contribution in [0.5, 0.6) is 0 Å². The number of rotatable bonds is 5. The fourth-order valence-electron chi connectivity index (χ4n) is 1.41. The van der Waals surface area contributed by atoms with Gasteiger partial charge in [0.2, 0.25) is 0 Å². The SMILES string of the molecule is CCOC(=O)Cc1nc(Br)c(CN)cc1C(F)F.